The largest absolute Gasteiger partial charge is 0.465 e. The van der Waals surface area contributed by atoms with Crippen LogP contribution in [-0.4, -0.2) is 67.9 Å². The van der Waals surface area contributed by atoms with Crippen molar-refractivity contribution < 1.29 is 9.31 Å². The molecule has 3 fully saturated rings. The molecule has 0 bridgehead atoms. The summed E-state index contributed by atoms with van der Waals surface area (Å²) in [6.45, 7) is 14.5. The van der Waals surface area contributed by atoms with Gasteiger partial charge in [-0.3, -0.25) is 0 Å². The number of hydrogen-bond donors (Lipinski definition) is 0. The van der Waals surface area contributed by atoms with Crippen LogP contribution in [0, 0.1) is 0 Å². The van der Waals surface area contributed by atoms with Crippen molar-refractivity contribution in [2.45, 2.75) is 57.1 Å². The average molecular weight is 280 g/mol. The summed E-state index contributed by atoms with van der Waals surface area (Å²) >= 11 is 0. The van der Waals surface area contributed by atoms with Gasteiger partial charge in [-0.05, 0) is 47.6 Å². The number of likely N-dealkylation sites (N-methyl/N-ethyl adjacent to an activating group) is 1. The van der Waals surface area contributed by atoms with Gasteiger partial charge in [0.2, 0.25) is 0 Å². The van der Waals surface area contributed by atoms with Gasteiger partial charge < -0.3 is 19.1 Å². The highest BCUT2D eigenvalue weighted by molar-refractivity contribution is 6.51. The lowest BCUT2D eigenvalue weighted by Gasteiger charge is -2.35. The smallest absolute Gasteiger partial charge is 0.403 e. The fourth-order valence-electron chi connectivity index (χ4n) is 3.17. The molecular formula is C15H29BN2O2. The number of nitrogens with zero attached hydrogens (tertiary/aromatic N) is 2. The quantitative estimate of drug-likeness (QED) is 0.737. The number of hydrogen-bond acceptors (Lipinski definition) is 4. The first-order valence-corrected chi connectivity index (χ1v) is 8.01. The van der Waals surface area contributed by atoms with Crippen LogP contribution >= 0.6 is 0 Å². The van der Waals surface area contributed by atoms with Crippen molar-refractivity contribution in [2.24, 2.45) is 0 Å². The molecule has 0 atom stereocenters. The number of rotatable bonds is 3. The highest BCUT2D eigenvalue weighted by atomic mass is 16.7. The second-order valence-corrected chi connectivity index (χ2v) is 8.03. The first-order chi connectivity index (χ1) is 9.24. The molecule has 0 spiro atoms. The van der Waals surface area contributed by atoms with Gasteiger partial charge in [0.15, 0.2) is 0 Å². The molecule has 1 saturated carbocycles. The molecule has 2 heterocycles. The van der Waals surface area contributed by atoms with Crippen LogP contribution in [0.5, 0.6) is 0 Å². The van der Waals surface area contributed by atoms with Gasteiger partial charge in [-0.2, -0.15) is 0 Å². The molecule has 2 aliphatic heterocycles. The molecule has 3 aliphatic rings. The van der Waals surface area contributed by atoms with E-state index >= 15 is 0 Å². The first kappa shape index (κ1) is 14.8. The molecule has 114 valence electrons. The van der Waals surface area contributed by atoms with Gasteiger partial charge in [-0.1, -0.05) is 0 Å². The lowest BCUT2D eigenvalue weighted by atomic mass is 9.67. The predicted octanol–water partition coefficient (Wildman–Crippen LogP) is 1.86. The lowest BCUT2D eigenvalue weighted by Crippen LogP contribution is -2.47. The van der Waals surface area contributed by atoms with E-state index in [0.717, 1.165) is 6.54 Å². The van der Waals surface area contributed by atoms with E-state index in [1.807, 2.05) is 0 Å². The normalized spacial score (nSPS) is 32.5. The maximum atomic E-state index is 6.29. The fourth-order valence-corrected chi connectivity index (χ4v) is 3.17. The van der Waals surface area contributed by atoms with Gasteiger partial charge in [-0.15, -0.1) is 0 Å². The molecule has 0 aromatic rings. The van der Waals surface area contributed by atoms with Crippen molar-refractivity contribution in [3.05, 3.63) is 0 Å². The molecule has 20 heavy (non-hydrogen) atoms. The minimum atomic E-state index is -0.199. The highest BCUT2D eigenvalue weighted by Crippen LogP contribution is 2.60. The van der Waals surface area contributed by atoms with Crippen LogP contribution in [0.3, 0.4) is 0 Å². The van der Waals surface area contributed by atoms with Gasteiger partial charge in [0, 0.05) is 38.0 Å². The van der Waals surface area contributed by atoms with Gasteiger partial charge in [-0.25, -0.2) is 0 Å². The second kappa shape index (κ2) is 4.70. The molecule has 0 unspecified atom stereocenters. The summed E-state index contributed by atoms with van der Waals surface area (Å²) in [5.41, 5.74) is -0.398. The zero-order valence-corrected chi connectivity index (χ0v) is 13.7. The first-order valence-electron chi connectivity index (χ1n) is 8.01. The van der Waals surface area contributed by atoms with Crippen LogP contribution < -0.4 is 0 Å². The molecule has 0 amide bonds. The standard InChI is InChI=1S/C15H29BN2O2/c1-13(2)14(3,4)20-16(19-13)15(6-7-15)12-18-10-8-17(5)9-11-18/h6-12H2,1-5H3. The zero-order chi connectivity index (χ0) is 14.6. The molecule has 0 N–H and O–H groups in total. The van der Waals surface area contributed by atoms with Crippen molar-refractivity contribution in [3.63, 3.8) is 0 Å². The zero-order valence-electron chi connectivity index (χ0n) is 13.7. The van der Waals surface area contributed by atoms with E-state index in [-0.39, 0.29) is 23.6 Å². The maximum Gasteiger partial charge on any atom is 0.465 e. The van der Waals surface area contributed by atoms with Crippen LogP contribution in [0.4, 0.5) is 0 Å². The molecule has 5 heteroatoms. The predicted molar refractivity (Wildman–Crippen MR) is 81.9 cm³/mol. The van der Waals surface area contributed by atoms with E-state index in [0.29, 0.717) is 0 Å². The molecule has 2 saturated heterocycles. The summed E-state index contributed by atoms with van der Waals surface area (Å²) in [6.07, 6.45) is 2.49. The fraction of sp³-hybridized carbons (Fsp3) is 1.00. The van der Waals surface area contributed by atoms with Crippen LogP contribution in [-0.2, 0) is 9.31 Å². The maximum absolute atomic E-state index is 6.29. The van der Waals surface area contributed by atoms with Crippen molar-refractivity contribution >= 4 is 7.12 Å². The van der Waals surface area contributed by atoms with E-state index in [2.05, 4.69) is 44.5 Å². The van der Waals surface area contributed by atoms with Crippen LogP contribution in [0.15, 0.2) is 0 Å². The summed E-state index contributed by atoms with van der Waals surface area (Å²) in [5.74, 6) is 0. The molecule has 4 nitrogen and oxygen atoms in total. The highest BCUT2D eigenvalue weighted by Gasteiger charge is 2.64. The molecule has 1 aliphatic carbocycles. The SMILES string of the molecule is CN1CCN(CC2(B3OC(C)(C)C(C)(C)O3)CC2)CC1. The summed E-state index contributed by atoms with van der Waals surface area (Å²) in [5, 5.41) is 0.251. The topological polar surface area (TPSA) is 24.9 Å². The Bertz CT molecular complexity index is 358. The summed E-state index contributed by atoms with van der Waals surface area (Å²) in [7, 11) is 2.19. The summed E-state index contributed by atoms with van der Waals surface area (Å²) in [4.78, 5) is 5.00. The minimum Gasteiger partial charge on any atom is -0.403 e. The molecule has 0 aromatic carbocycles. The Balaban J connectivity index is 1.63. The minimum absolute atomic E-state index is 0.0212. The third kappa shape index (κ3) is 2.54. The number of piperazine rings is 1. The Morgan fingerprint density at radius 1 is 0.900 bits per heavy atom. The molecule has 0 aromatic heterocycles. The Morgan fingerprint density at radius 3 is 1.85 bits per heavy atom. The van der Waals surface area contributed by atoms with Crippen LogP contribution in [0.2, 0.25) is 5.31 Å². The summed E-state index contributed by atoms with van der Waals surface area (Å²) in [6, 6.07) is 0. The summed E-state index contributed by atoms with van der Waals surface area (Å²) < 4.78 is 12.6. The Kier molecular flexibility index (Phi) is 3.49. The second-order valence-electron chi connectivity index (χ2n) is 8.03. The van der Waals surface area contributed by atoms with Gasteiger partial charge in [0.1, 0.15) is 0 Å². The molecule has 0 radical (unpaired) electrons. The van der Waals surface area contributed by atoms with Crippen molar-refractivity contribution in [1.82, 2.24) is 9.80 Å². The Hall–Kier alpha value is -0.0951. The van der Waals surface area contributed by atoms with Gasteiger partial charge >= 0.3 is 7.12 Å². The van der Waals surface area contributed by atoms with Crippen molar-refractivity contribution in [1.29, 1.82) is 0 Å². The van der Waals surface area contributed by atoms with E-state index < -0.39 is 0 Å². The molecular weight excluding hydrogens is 251 g/mol. The Morgan fingerprint density at radius 2 is 1.40 bits per heavy atom. The van der Waals surface area contributed by atoms with E-state index in [1.165, 1.54) is 39.0 Å². The van der Waals surface area contributed by atoms with Gasteiger partial charge in [0.05, 0.1) is 11.2 Å². The van der Waals surface area contributed by atoms with Gasteiger partial charge in [0.25, 0.3) is 0 Å². The lowest BCUT2D eigenvalue weighted by molar-refractivity contribution is 0.00578. The Labute approximate surface area is 123 Å². The third-order valence-electron chi connectivity index (χ3n) is 5.78. The van der Waals surface area contributed by atoms with Crippen molar-refractivity contribution in [2.75, 3.05) is 39.8 Å². The van der Waals surface area contributed by atoms with Crippen LogP contribution in [0.1, 0.15) is 40.5 Å². The monoisotopic (exact) mass is 280 g/mol. The van der Waals surface area contributed by atoms with Crippen LogP contribution in [0.25, 0.3) is 0 Å². The molecule has 3 rings (SSSR count). The van der Waals surface area contributed by atoms with E-state index in [4.69, 9.17) is 9.31 Å². The van der Waals surface area contributed by atoms with E-state index in [1.54, 1.807) is 0 Å². The van der Waals surface area contributed by atoms with Crippen molar-refractivity contribution in [3.8, 4) is 0 Å². The van der Waals surface area contributed by atoms with E-state index in [9.17, 15) is 0 Å². The average Bonchev–Trinajstić information content (AvgIpc) is 3.07. The third-order valence-corrected chi connectivity index (χ3v) is 5.78.